The zero-order valence-corrected chi connectivity index (χ0v) is 15.1. The van der Waals surface area contributed by atoms with Crippen LogP contribution in [0.1, 0.15) is 31.8 Å². The summed E-state index contributed by atoms with van der Waals surface area (Å²) in [5, 5.41) is 20.7. The van der Waals surface area contributed by atoms with Crippen LogP contribution in [0.2, 0.25) is 0 Å². The number of aromatic hydroxyl groups is 2. The lowest BCUT2D eigenvalue weighted by Gasteiger charge is -2.22. The monoisotopic (exact) mass is 419 g/mol. The topological polar surface area (TPSA) is 232 Å². The Kier molecular flexibility index (Phi) is 4.48. The minimum absolute atomic E-state index is 0.0831. The van der Waals surface area contributed by atoms with Gasteiger partial charge in [-0.2, -0.15) is 13.4 Å². The van der Waals surface area contributed by atoms with Gasteiger partial charge < -0.3 is 27.4 Å². The van der Waals surface area contributed by atoms with Crippen molar-refractivity contribution in [2.24, 2.45) is 27.2 Å². The van der Waals surface area contributed by atoms with E-state index in [1.165, 1.54) is 24.3 Å². The highest BCUT2D eigenvalue weighted by atomic mass is 32.2. The van der Waals surface area contributed by atoms with Crippen LogP contribution in [-0.2, 0) is 10.1 Å². The van der Waals surface area contributed by atoms with Gasteiger partial charge in [-0.1, -0.05) is 24.3 Å². The van der Waals surface area contributed by atoms with E-state index in [-0.39, 0.29) is 11.1 Å². The van der Waals surface area contributed by atoms with E-state index in [0.717, 1.165) is 0 Å². The molecule has 13 heteroatoms. The molecule has 9 N–H and O–H groups in total. The average molecular weight is 419 g/mol. The summed E-state index contributed by atoms with van der Waals surface area (Å²) in [6.07, 6.45) is 0. The molecule has 0 atom stereocenters. The summed E-state index contributed by atoms with van der Waals surface area (Å²) < 4.78 is 32.8. The number of nitrogens with zero attached hydrogens (tertiary/aromatic N) is 2. The number of guanidine groups is 2. The lowest BCUT2D eigenvalue weighted by Crippen LogP contribution is -2.26. The second kappa shape index (κ2) is 6.57. The van der Waals surface area contributed by atoms with Gasteiger partial charge in [-0.05, 0) is 0 Å². The van der Waals surface area contributed by atoms with E-state index in [2.05, 4.69) is 9.98 Å². The van der Waals surface area contributed by atoms with Crippen LogP contribution in [0.25, 0.3) is 0 Å². The number of ketones is 2. The van der Waals surface area contributed by atoms with Crippen LogP contribution >= 0.6 is 0 Å². The molecular weight excluding hydrogens is 406 g/mol. The molecule has 150 valence electrons. The summed E-state index contributed by atoms with van der Waals surface area (Å²) in [6.45, 7) is 0. The van der Waals surface area contributed by atoms with Crippen LogP contribution < -0.4 is 17.2 Å². The third-order valence-corrected chi connectivity index (χ3v) is 4.88. The van der Waals surface area contributed by atoms with E-state index < -0.39 is 66.8 Å². The normalized spacial score (nSPS) is 13.6. The van der Waals surface area contributed by atoms with Crippen molar-refractivity contribution in [3.8, 4) is 11.5 Å². The lowest BCUT2D eigenvalue weighted by molar-refractivity contribution is 0.0976. The van der Waals surface area contributed by atoms with Crippen LogP contribution in [0.15, 0.2) is 39.1 Å². The number of phenols is 2. The minimum Gasteiger partial charge on any atom is -0.506 e. The van der Waals surface area contributed by atoms with Gasteiger partial charge in [0.15, 0.2) is 33.9 Å². The van der Waals surface area contributed by atoms with Crippen LogP contribution in [0.5, 0.6) is 11.5 Å². The van der Waals surface area contributed by atoms with Crippen molar-refractivity contribution < 1.29 is 32.8 Å². The maximum atomic E-state index is 13.0. The predicted octanol–water partition coefficient (Wildman–Crippen LogP) is -0.660. The van der Waals surface area contributed by atoms with Gasteiger partial charge in [-0.3, -0.25) is 14.1 Å². The van der Waals surface area contributed by atoms with Crippen molar-refractivity contribution in [2.75, 3.05) is 0 Å². The molecule has 0 unspecified atom stereocenters. The second-order valence-corrected chi connectivity index (χ2v) is 7.17. The van der Waals surface area contributed by atoms with Gasteiger partial charge >= 0.3 is 10.1 Å². The fourth-order valence-corrected chi connectivity index (χ4v) is 3.59. The van der Waals surface area contributed by atoms with Crippen molar-refractivity contribution in [1.29, 1.82) is 0 Å². The molecule has 0 amide bonds. The van der Waals surface area contributed by atoms with E-state index >= 15 is 0 Å². The third kappa shape index (κ3) is 3.13. The summed E-state index contributed by atoms with van der Waals surface area (Å²) in [5.41, 5.74) is 13.4. The van der Waals surface area contributed by atoms with Crippen molar-refractivity contribution in [3.63, 3.8) is 0 Å². The highest BCUT2D eigenvalue weighted by Crippen LogP contribution is 2.48. The SMILES string of the molecule is NC(N)=NC(N)=Nc1c(O)c(S(=O)(=O)O)c(O)c2c1C(=O)c1ccccc1C2=O. The Morgan fingerprint density at radius 1 is 0.897 bits per heavy atom. The number of benzene rings is 2. The first-order valence-corrected chi connectivity index (χ1v) is 9.10. The molecular formula is C16H13N5O7S. The molecule has 29 heavy (non-hydrogen) atoms. The van der Waals surface area contributed by atoms with Crippen LogP contribution in [0.3, 0.4) is 0 Å². The number of nitrogens with two attached hydrogens (primary N) is 3. The van der Waals surface area contributed by atoms with Crippen molar-refractivity contribution in [3.05, 3.63) is 46.5 Å². The molecule has 0 bridgehead atoms. The first-order valence-electron chi connectivity index (χ1n) is 7.66. The standard InChI is InChI=1S/C16H13N5O7S/c17-15(18)21-16(19)20-9-7-8(12(24)14(13(9)25)29(26,27)28)11(23)6-4-2-1-3-5(6)10(7)22/h1-4,24-25H,(H,26,27,28)(H6,17,18,19,20,21). The number of carbonyl (C=O) groups excluding carboxylic acids is 2. The van der Waals surface area contributed by atoms with Gasteiger partial charge in [-0.25, -0.2) is 4.99 Å². The molecule has 2 aromatic rings. The first kappa shape index (κ1) is 19.8. The van der Waals surface area contributed by atoms with Gasteiger partial charge in [-0.15, -0.1) is 0 Å². The molecule has 1 aliphatic rings. The molecule has 0 aromatic heterocycles. The van der Waals surface area contributed by atoms with E-state index in [1.54, 1.807) is 0 Å². The smallest absolute Gasteiger partial charge is 0.302 e. The predicted molar refractivity (Wildman–Crippen MR) is 100.0 cm³/mol. The molecule has 1 aliphatic carbocycles. The maximum Gasteiger partial charge on any atom is 0.302 e. The summed E-state index contributed by atoms with van der Waals surface area (Å²) in [7, 11) is -5.26. The molecule has 12 nitrogen and oxygen atoms in total. The number of hydrogen-bond donors (Lipinski definition) is 6. The quantitative estimate of drug-likeness (QED) is 0.174. The van der Waals surface area contributed by atoms with E-state index in [9.17, 15) is 32.8 Å². The van der Waals surface area contributed by atoms with Gasteiger partial charge in [0, 0.05) is 11.1 Å². The maximum absolute atomic E-state index is 13.0. The Bertz CT molecular complexity index is 1260. The number of aliphatic imine (C=N–C) groups is 2. The molecule has 2 aromatic carbocycles. The van der Waals surface area contributed by atoms with Gasteiger partial charge in [0.25, 0.3) is 0 Å². The lowest BCUT2D eigenvalue weighted by atomic mass is 9.82. The fraction of sp³-hybridized carbons (Fsp3) is 0. The number of phenolic OH excluding ortho intramolecular Hbond substituents is 2. The van der Waals surface area contributed by atoms with Crippen LogP contribution in [-0.4, -0.2) is 46.7 Å². The molecule has 0 saturated carbocycles. The second-order valence-electron chi connectivity index (χ2n) is 5.81. The van der Waals surface area contributed by atoms with E-state index in [1.807, 2.05) is 0 Å². The van der Waals surface area contributed by atoms with Gasteiger partial charge in [0.05, 0.1) is 11.1 Å². The summed E-state index contributed by atoms with van der Waals surface area (Å²) >= 11 is 0. The zero-order valence-electron chi connectivity index (χ0n) is 14.3. The van der Waals surface area contributed by atoms with Crippen LogP contribution in [0, 0.1) is 0 Å². The summed E-state index contributed by atoms with van der Waals surface area (Å²) in [4.78, 5) is 31.4. The Morgan fingerprint density at radius 3 is 1.90 bits per heavy atom. The van der Waals surface area contributed by atoms with Crippen molar-refractivity contribution in [1.82, 2.24) is 0 Å². The number of fused-ring (bicyclic) bond motifs is 2. The average Bonchev–Trinajstić information content (AvgIpc) is 2.60. The molecule has 0 heterocycles. The highest BCUT2D eigenvalue weighted by Gasteiger charge is 2.40. The Balaban J connectivity index is 2.52. The highest BCUT2D eigenvalue weighted by molar-refractivity contribution is 7.86. The molecule has 3 rings (SSSR count). The first-order chi connectivity index (χ1) is 13.4. The Hall–Kier alpha value is -3.97. The number of carbonyl (C=O) groups is 2. The number of hydrogen-bond acceptors (Lipinski definition) is 7. The zero-order chi connectivity index (χ0) is 21.7. The van der Waals surface area contributed by atoms with Crippen molar-refractivity contribution in [2.45, 2.75) is 4.90 Å². The van der Waals surface area contributed by atoms with Crippen LogP contribution in [0.4, 0.5) is 5.69 Å². The van der Waals surface area contributed by atoms with Gasteiger partial charge in [0.1, 0.15) is 5.69 Å². The molecule has 0 spiro atoms. The third-order valence-electron chi connectivity index (χ3n) is 3.98. The summed E-state index contributed by atoms with van der Waals surface area (Å²) in [6, 6.07) is 5.52. The molecule has 0 radical (unpaired) electrons. The molecule has 0 saturated heterocycles. The Labute approximate surface area is 162 Å². The summed E-state index contributed by atoms with van der Waals surface area (Å²) in [5.74, 6) is -5.67. The largest absolute Gasteiger partial charge is 0.506 e. The van der Waals surface area contributed by atoms with E-state index in [0.29, 0.717) is 0 Å². The fourth-order valence-electron chi connectivity index (χ4n) is 2.90. The molecule has 0 aliphatic heterocycles. The van der Waals surface area contributed by atoms with E-state index in [4.69, 9.17) is 17.2 Å². The van der Waals surface area contributed by atoms with Crippen molar-refractivity contribution >= 4 is 39.3 Å². The number of rotatable bonds is 2. The molecule has 0 fully saturated rings. The van der Waals surface area contributed by atoms with Gasteiger partial charge in [0.2, 0.25) is 5.96 Å². The Morgan fingerprint density at radius 2 is 1.41 bits per heavy atom. The minimum atomic E-state index is -5.26.